The summed E-state index contributed by atoms with van der Waals surface area (Å²) in [6, 6.07) is 14.5. The molecular formula is C18H20Cl2N2S. The number of amidine groups is 1. The van der Waals surface area contributed by atoms with Gasteiger partial charge in [0.15, 0.2) is 0 Å². The van der Waals surface area contributed by atoms with Gasteiger partial charge in [-0.05, 0) is 28.3 Å². The van der Waals surface area contributed by atoms with Crippen LogP contribution in [-0.2, 0) is 12.2 Å². The Balaban J connectivity index is 0.00000192. The molecule has 0 N–H and O–H groups in total. The maximum absolute atomic E-state index is 6.41. The van der Waals surface area contributed by atoms with E-state index in [2.05, 4.69) is 41.8 Å². The lowest BCUT2D eigenvalue weighted by molar-refractivity contribution is 0.592. The first-order valence-corrected chi connectivity index (χ1v) is 8.32. The van der Waals surface area contributed by atoms with Gasteiger partial charge in [-0.1, -0.05) is 48.0 Å². The van der Waals surface area contributed by atoms with Crippen molar-refractivity contribution in [2.75, 3.05) is 14.1 Å². The number of benzene rings is 2. The van der Waals surface area contributed by atoms with Crippen molar-refractivity contribution in [1.82, 2.24) is 4.90 Å². The van der Waals surface area contributed by atoms with Crippen LogP contribution in [0.4, 0.5) is 0 Å². The molecule has 0 spiro atoms. The first kappa shape index (κ1) is 18.2. The smallest absolute Gasteiger partial charge is 0.104 e. The second-order valence-corrected chi connectivity index (χ2v) is 6.46. The molecule has 0 saturated carbocycles. The first-order valence-electron chi connectivity index (χ1n) is 7.31. The summed E-state index contributed by atoms with van der Waals surface area (Å²) in [7, 11) is 4.08. The number of hydrogen-bond acceptors (Lipinski definition) is 3. The van der Waals surface area contributed by atoms with Gasteiger partial charge in [0.25, 0.3) is 0 Å². The lowest BCUT2D eigenvalue weighted by Gasteiger charge is -2.28. The average molecular weight is 367 g/mol. The molecule has 5 heteroatoms. The van der Waals surface area contributed by atoms with Gasteiger partial charge in [-0.2, -0.15) is 12.6 Å². The fourth-order valence-corrected chi connectivity index (χ4v) is 3.26. The predicted octanol–water partition coefficient (Wildman–Crippen LogP) is 4.80. The summed E-state index contributed by atoms with van der Waals surface area (Å²) in [6.45, 7) is 0. The van der Waals surface area contributed by atoms with Crippen LogP contribution in [0.25, 0.3) is 0 Å². The number of fused-ring (bicyclic) bond motifs is 1. The number of thiol groups is 1. The number of rotatable bonds is 2. The molecule has 1 unspecified atom stereocenters. The van der Waals surface area contributed by atoms with E-state index < -0.39 is 0 Å². The molecule has 2 aromatic carbocycles. The monoisotopic (exact) mass is 366 g/mol. The third-order valence-corrected chi connectivity index (χ3v) is 4.74. The topological polar surface area (TPSA) is 15.6 Å². The zero-order chi connectivity index (χ0) is 15.7. The van der Waals surface area contributed by atoms with Gasteiger partial charge in [0, 0.05) is 31.3 Å². The largest absolute Gasteiger partial charge is 0.366 e. The highest BCUT2D eigenvalue weighted by Crippen LogP contribution is 2.37. The molecule has 3 rings (SSSR count). The summed E-state index contributed by atoms with van der Waals surface area (Å²) < 4.78 is 0. The fourth-order valence-electron chi connectivity index (χ4n) is 2.82. The van der Waals surface area contributed by atoms with Gasteiger partial charge in [-0.3, -0.25) is 4.99 Å². The fraction of sp³-hybridized carbons (Fsp3) is 0.278. The van der Waals surface area contributed by atoms with Crippen LogP contribution in [0.15, 0.2) is 47.5 Å². The zero-order valence-electron chi connectivity index (χ0n) is 13.2. The van der Waals surface area contributed by atoms with Crippen LogP contribution >= 0.6 is 36.6 Å². The van der Waals surface area contributed by atoms with Crippen LogP contribution in [-0.4, -0.2) is 24.8 Å². The first-order chi connectivity index (χ1) is 10.6. The van der Waals surface area contributed by atoms with Gasteiger partial charge < -0.3 is 4.90 Å². The molecule has 1 aliphatic heterocycles. The number of likely N-dealkylation sites (N-methyl/N-ethyl adjacent to an activating group) is 1. The van der Waals surface area contributed by atoms with Gasteiger partial charge in [0.2, 0.25) is 0 Å². The van der Waals surface area contributed by atoms with Gasteiger partial charge in [-0.15, -0.1) is 12.4 Å². The molecule has 0 radical (unpaired) electrons. The lowest BCUT2D eigenvalue weighted by Crippen LogP contribution is -2.29. The summed E-state index contributed by atoms with van der Waals surface area (Å²) in [6.07, 6.45) is 0.852. The Morgan fingerprint density at radius 2 is 1.91 bits per heavy atom. The van der Waals surface area contributed by atoms with Crippen LogP contribution in [0.1, 0.15) is 28.3 Å². The van der Waals surface area contributed by atoms with Crippen LogP contribution in [0.2, 0.25) is 5.02 Å². The molecule has 1 aliphatic rings. The second-order valence-electron chi connectivity index (χ2n) is 5.73. The normalized spacial score (nSPS) is 16.2. The van der Waals surface area contributed by atoms with Gasteiger partial charge in [0.05, 0.1) is 0 Å². The van der Waals surface area contributed by atoms with Gasteiger partial charge in [0.1, 0.15) is 11.9 Å². The van der Waals surface area contributed by atoms with E-state index in [1.54, 1.807) is 0 Å². The van der Waals surface area contributed by atoms with E-state index in [1.807, 2.05) is 32.3 Å². The van der Waals surface area contributed by atoms with Crippen molar-refractivity contribution >= 4 is 42.5 Å². The Labute approximate surface area is 154 Å². The van der Waals surface area contributed by atoms with Crippen molar-refractivity contribution in [3.8, 4) is 0 Å². The summed E-state index contributed by atoms with van der Waals surface area (Å²) >= 11 is 10.8. The molecule has 1 heterocycles. The minimum atomic E-state index is -0.0381. The SMILES string of the molecule is CN(C)C1=NC(c2ccccc2Cl)c2ccc(CS)cc2C1.Cl. The number of halogens is 2. The summed E-state index contributed by atoms with van der Waals surface area (Å²) in [5.41, 5.74) is 4.85. The molecule has 122 valence electrons. The minimum Gasteiger partial charge on any atom is -0.366 e. The highest BCUT2D eigenvalue weighted by Gasteiger charge is 2.25. The third kappa shape index (κ3) is 3.68. The molecule has 2 aromatic rings. The van der Waals surface area contributed by atoms with E-state index in [-0.39, 0.29) is 18.4 Å². The lowest BCUT2D eigenvalue weighted by atomic mass is 9.89. The van der Waals surface area contributed by atoms with E-state index in [0.29, 0.717) is 0 Å². The summed E-state index contributed by atoms with van der Waals surface area (Å²) in [5.74, 6) is 1.83. The Morgan fingerprint density at radius 1 is 1.17 bits per heavy atom. The van der Waals surface area contributed by atoms with Crippen LogP contribution < -0.4 is 0 Å². The standard InChI is InChI=1S/C18H19ClN2S.ClH/c1-21(2)17-10-13-9-12(11-22)7-8-14(13)18(20-17)15-5-3-4-6-16(15)19;/h3-9,18,22H,10-11H2,1-2H3;1H. The maximum atomic E-state index is 6.41. The molecule has 0 saturated heterocycles. The average Bonchev–Trinajstić information content (AvgIpc) is 2.53. The Morgan fingerprint density at radius 3 is 2.57 bits per heavy atom. The molecule has 23 heavy (non-hydrogen) atoms. The van der Waals surface area contributed by atoms with Crippen molar-refractivity contribution in [2.24, 2.45) is 4.99 Å². The summed E-state index contributed by atoms with van der Waals surface area (Å²) in [4.78, 5) is 7.03. The molecular weight excluding hydrogens is 347 g/mol. The highest BCUT2D eigenvalue weighted by atomic mass is 35.5. The highest BCUT2D eigenvalue weighted by molar-refractivity contribution is 7.79. The van der Waals surface area contributed by atoms with E-state index >= 15 is 0 Å². The van der Waals surface area contributed by atoms with E-state index in [4.69, 9.17) is 16.6 Å². The number of aliphatic imine (C=N–C) groups is 1. The predicted molar refractivity (Wildman–Crippen MR) is 105 cm³/mol. The van der Waals surface area contributed by atoms with Crippen molar-refractivity contribution in [2.45, 2.75) is 18.2 Å². The van der Waals surface area contributed by atoms with Crippen LogP contribution in [0.3, 0.4) is 0 Å². The number of nitrogens with zero attached hydrogens (tertiary/aromatic N) is 2. The Hall–Kier alpha value is -1.16. The Bertz CT molecular complexity index is 729. The van der Waals surface area contributed by atoms with Crippen LogP contribution in [0, 0.1) is 0 Å². The van der Waals surface area contributed by atoms with E-state index in [1.165, 1.54) is 16.7 Å². The quantitative estimate of drug-likeness (QED) is 0.754. The minimum absolute atomic E-state index is 0. The van der Waals surface area contributed by atoms with Crippen molar-refractivity contribution in [3.63, 3.8) is 0 Å². The number of hydrogen-bond donors (Lipinski definition) is 1. The van der Waals surface area contributed by atoms with Crippen molar-refractivity contribution in [1.29, 1.82) is 0 Å². The van der Waals surface area contributed by atoms with Crippen LogP contribution in [0.5, 0.6) is 0 Å². The van der Waals surface area contributed by atoms with Gasteiger partial charge in [-0.25, -0.2) is 0 Å². The molecule has 0 bridgehead atoms. The molecule has 0 fully saturated rings. The zero-order valence-corrected chi connectivity index (χ0v) is 15.6. The maximum Gasteiger partial charge on any atom is 0.104 e. The van der Waals surface area contributed by atoms with Crippen molar-refractivity contribution in [3.05, 3.63) is 69.7 Å². The molecule has 0 aliphatic carbocycles. The second kappa shape index (κ2) is 7.61. The Kier molecular flexibility index (Phi) is 6.01. The van der Waals surface area contributed by atoms with Gasteiger partial charge >= 0.3 is 0 Å². The third-order valence-electron chi connectivity index (χ3n) is 4.03. The van der Waals surface area contributed by atoms with E-state index in [9.17, 15) is 0 Å². The molecule has 1 atom stereocenters. The molecule has 0 aromatic heterocycles. The van der Waals surface area contributed by atoms with Crippen molar-refractivity contribution < 1.29 is 0 Å². The molecule has 2 nitrogen and oxygen atoms in total. The van der Waals surface area contributed by atoms with E-state index in [0.717, 1.165) is 28.6 Å². The summed E-state index contributed by atoms with van der Waals surface area (Å²) in [5, 5.41) is 0.764. The molecule has 0 amide bonds.